The standard InChI is InChI=1S/C14H25N3/c1-16-8-3-2-4-14(16)7-11-17-9-5-13(12-15)6-10-17/h13-14H,2-11H2,1H3. The van der Waals surface area contributed by atoms with Crippen LogP contribution < -0.4 is 0 Å². The lowest BCUT2D eigenvalue weighted by Crippen LogP contribution is -2.40. The fourth-order valence-electron chi connectivity index (χ4n) is 3.13. The summed E-state index contributed by atoms with van der Waals surface area (Å²) < 4.78 is 0. The highest BCUT2D eigenvalue weighted by Crippen LogP contribution is 2.20. The van der Waals surface area contributed by atoms with Crippen LogP contribution in [0.5, 0.6) is 0 Å². The Balaban J connectivity index is 1.67. The Morgan fingerprint density at radius 2 is 1.88 bits per heavy atom. The Morgan fingerprint density at radius 1 is 1.12 bits per heavy atom. The van der Waals surface area contributed by atoms with Crippen molar-refractivity contribution in [2.75, 3.05) is 33.2 Å². The van der Waals surface area contributed by atoms with Gasteiger partial charge in [-0.25, -0.2) is 0 Å². The molecule has 2 fully saturated rings. The van der Waals surface area contributed by atoms with E-state index >= 15 is 0 Å². The van der Waals surface area contributed by atoms with Crippen molar-refractivity contribution in [2.45, 2.75) is 44.6 Å². The second-order valence-electron chi connectivity index (χ2n) is 5.66. The SMILES string of the molecule is CN1CCCCC1CCN1CCC(C#N)CC1. The molecule has 3 heteroatoms. The first-order chi connectivity index (χ1) is 8.29. The van der Waals surface area contributed by atoms with Crippen LogP contribution in [0.4, 0.5) is 0 Å². The van der Waals surface area contributed by atoms with Crippen LogP contribution in [-0.2, 0) is 0 Å². The Labute approximate surface area is 105 Å². The van der Waals surface area contributed by atoms with Crippen molar-refractivity contribution in [3.05, 3.63) is 0 Å². The summed E-state index contributed by atoms with van der Waals surface area (Å²) in [4.78, 5) is 5.09. The quantitative estimate of drug-likeness (QED) is 0.750. The van der Waals surface area contributed by atoms with Gasteiger partial charge in [-0.2, -0.15) is 5.26 Å². The fraction of sp³-hybridized carbons (Fsp3) is 0.929. The van der Waals surface area contributed by atoms with E-state index in [-0.39, 0.29) is 0 Å². The highest BCUT2D eigenvalue weighted by molar-refractivity contribution is 4.87. The Bertz CT molecular complexity index is 263. The zero-order valence-corrected chi connectivity index (χ0v) is 11.1. The minimum atomic E-state index is 0.323. The van der Waals surface area contributed by atoms with Gasteiger partial charge in [-0.15, -0.1) is 0 Å². The normalized spacial score (nSPS) is 29.1. The van der Waals surface area contributed by atoms with Gasteiger partial charge in [0.2, 0.25) is 0 Å². The summed E-state index contributed by atoms with van der Waals surface area (Å²) in [6.07, 6.45) is 7.64. The Kier molecular flexibility index (Phi) is 4.82. The number of hydrogen-bond acceptors (Lipinski definition) is 3. The minimum Gasteiger partial charge on any atom is -0.303 e. The first-order valence-corrected chi connectivity index (χ1v) is 7.12. The van der Waals surface area contributed by atoms with Crippen LogP contribution >= 0.6 is 0 Å². The summed E-state index contributed by atoms with van der Waals surface area (Å²) in [5.74, 6) is 0.323. The summed E-state index contributed by atoms with van der Waals surface area (Å²) in [7, 11) is 2.27. The summed E-state index contributed by atoms with van der Waals surface area (Å²) in [5, 5.41) is 8.87. The van der Waals surface area contributed by atoms with Crippen LogP contribution in [0.2, 0.25) is 0 Å². The second-order valence-corrected chi connectivity index (χ2v) is 5.66. The van der Waals surface area contributed by atoms with Gasteiger partial charge in [-0.1, -0.05) is 6.42 Å². The number of nitriles is 1. The van der Waals surface area contributed by atoms with Crippen molar-refractivity contribution in [3.8, 4) is 6.07 Å². The van der Waals surface area contributed by atoms with E-state index in [2.05, 4.69) is 22.9 Å². The molecule has 0 aliphatic carbocycles. The van der Waals surface area contributed by atoms with E-state index in [0.29, 0.717) is 5.92 Å². The van der Waals surface area contributed by atoms with Crippen molar-refractivity contribution < 1.29 is 0 Å². The van der Waals surface area contributed by atoms with Gasteiger partial charge in [0.25, 0.3) is 0 Å². The average Bonchev–Trinajstić information content (AvgIpc) is 2.38. The maximum atomic E-state index is 8.87. The van der Waals surface area contributed by atoms with E-state index in [9.17, 15) is 0 Å². The number of piperidine rings is 2. The van der Waals surface area contributed by atoms with Crippen molar-refractivity contribution in [1.82, 2.24) is 9.80 Å². The molecule has 2 rings (SSSR count). The molecule has 0 aromatic carbocycles. The van der Waals surface area contributed by atoms with Crippen LogP contribution in [0.3, 0.4) is 0 Å². The van der Waals surface area contributed by atoms with E-state index in [4.69, 9.17) is 5.26 Å². The van der Waals surface area contributed by atoms with E-state index in [0.717, 1.165) is 32.0 Å². The van der Waals surface area contributed by atoms with Crippen molar-refractivity contribution in [1.29, 1.82) is 5.26 Å². The first-order valence-electron chi connectivity index (χ1n) is 7.12. The molecule has 0 spiro atoms. The Hall–Kier alpha value is -0.590. The highest BCUT2D eigenvalue weighted by atomic mass is 15.2. The summed E-state index contributed by atoms with van der Waals surface area (Å²) in [6, 6.07) is 3.21. The zero-order chi connectivity index (χ0) is 12.1. The Morgan fingerprint density at radius 3 is 2.53 bits per heavy atom. The molecule has 17 heavy (non-hydrogen) atoms. The van der Waals surface area contributed by atoms with Crippen molar-refractivity contribution in [2.24, 2.45) is 5.92 Å². The summed E-state index contributed by atoms with van der Waals surface area (Å²) >= 11 is 0. The van der Waals surface area contributed by atoms with Crippen LogP contribution in [0.1, 0.15) is 38.5 Å². The van der Waals surface area contributed by atoms with E-state index in [1.54, 1.807) is 0 Å². The fourth-order valence-corrected chi connectivity index (χ4v) is 3.13. The second kappa shape index (κ2) is 6.37. The van der Waals surface area contributed by atoms with Crippen molar-refractivity contribution in [3.63, 3.8) is 0 Å². The molecule has 0 aromatic rings. The summed E-state index contributed by atoms with van der Waals surface area (Å²) in [6.45, 7) is 4.78. The van der Waals surface area contributed by atoms with Crippen LogP contribution in [0.15, 0.2) is 0 Å². The lowest BCUT2D eigenvalue weighted by atomic mass is 9.97. The molecule has 0 amide bonds. The molecule has 3 nitrogen and oxygen atoms in total. The third-order valence-corrected chi connectivity index (χ3v) is 4.47. The zero-order valence-electron chi connectivity index (χ0n) is 11.1. The molecule has 96 valence electrons. The maximum Gasteiger partial charge on any atom is 0.0656 e. The summed E-state index contributed by atoms with van der Waals surface area (Å²) in [5.41, 5.74) is 0. The van der Waals surface area contributed by atoms with Crippen LogP contribution in [-0.4, -0.2) is 49.1 Å². The van der Waals surface area contributed by atoms with Gasteiger partial charge in [0.05, 0.1) is 6.07 Å². The monoisotopic (exact) mass is 235 g/mol. The molecule has 0 radical (unpaired) electrons. The molecule has 0 aromatic heterocycles. The predicted octanol–water partition coefficient (Wildman–Crippen LogP) is 2.10. The van der Waals surface area contributed by atoms with Gasteiger partial charge in [0.15, 0.2) is 0 Å². The molecular formula is C14H25N3. The van der Waals surface area contributed by atoms with Crippen LogP contribution in [0.25, 0.3) is 0 Å². The molecule has 2 aliphatic rings. The third-order valence-electron chi connectivity index (χ3n) is 4.47. The predicted molar refractivity (Wildman–Crippen MR) is 69.7 cm³/mol. The highest BCUT2D eigenvalue weighted by Gasteiger charge is 2.22. The lowest BCUT2D eigenvalue weighted by Gasteiger charge is -2.35. The van der Waals surface area contributed by atoms with Gasteiger partial charge < -0.3 is 9.80 Å². The molecular weight excluding hydrogens is 210 g/mol. The third kappa shape index (κ3) is 3.69. The minimum absolute atomic E-state index is 0.323. The van der Waals surface area contributed by atoms with Gasteiger partial charge >= 0.3 is 0 Å². The number of hydrogen-bond donors (Lipinski definition) is 0. The van der Waals surface area contributed by atoms with E-state index < -0.39 is 0 Å². The smallest absolute Gasteiger partial charge is 0.0656 e. The van der Waals surface area contributed by atoms with Gasteiger partial charge in [0, 0.05) is 12.0 Å². The molecule has 0 N–H and O–H groups in total. The molecule has 1 atom stereocenters. The first kappa shape index (κ1) is 12.9. The number of likely N-dealkylation sites (tertiary alicyclic amines) is 2. The molecule has 2 heterocycles. The largest absolute Gasteiger partial charge is 0.303 e. The van der Waals surface area contributed by atoms with Gasteiger partial charge in [0.1, 0.15) is 0 Å². The topological polar surface area (TPSA) is 30.3 Å². The van der Waals surface area contributed by atoms with Gasteiger partial charge in [-0.3, -0.25) is 0 Å². The maximum absolute atomic E-state index is 8.87. The molecule has 2 saturated heterocycles. The molecule has 1 unspecified atom stereocenters. The van der Waals surface area contributed by atoms with E-state index in [1.807, 2.05) is 0 Å². The van der Waals surface area contributed by atoms with Crippen molar-refractivity contribution >= 4 is 0 Å². The van der Waals surface area contributed by atoms with Gasteiger partial charge in [-0.05, 0) is 65.3 Å². The average molecular weight is 235 g/mol. The lowest BCUT2D eigenvalue weighted by molar-refractivity contribution is 0.140. The van der Waals surface area contributed by atoms with Crippen LogP contribution in [0, 0.1) is 17.2 Å². The molecule has 0 bridgehead atoms. The number of nitrogens with zero attached hydrogens (tertiary/aromatic N) is 3. The number of rotatable bonds is 3. The molecule has 2 aliphatic heterocycles. The molecule has 0 saturated carbocycles. The van der Waals surface area contributed by atoms with E-state index in [1.165, 1.54) is 38.8 Å².